The standard InChI is InChI=1S/C23H17N3O3/c27-22(24-23-26-25-20(29-23)14-15-8-2-1-3-9-15)21-16-10-4-6-12-18(16)28-19-13-7-5-11-17(19)21/h1-13,21H,14H2,(H,24,26,27). The molecule has 1 amide bonds. The predicted molar refractivity (Wildman–Crippen MR) is 107 cm³/mol. The minimum absolute atomic E-state index is 0.0855. The van der Waals surface area contributed by atoms with Crippen molar-refractivity contribution in [3.05, 3.63) is 101 Å². The van der Waals surface area contributed by atoms with Gasteiger partial charge in [-0.25, -0.2) is 0 Å². The average Bonchev–Trinajstić information content (AvgIpc) is 3.19. The number of hydrogen-bond donors (Lipinski definition) is 1. The molecule has 1 aliphatic rings. The number of rotatable bonds is 4. The first kappa shape index (κ1) is 17.2. The number of aromatic nitrogens is 2. The molecule has 5 rings (SSSR count). The number of nitrogens with zero attached hydrogens (tertiary/aromatic N) is 2. The minimum Gasteiger partial charge on any atom is -0.457 e. The first-order valence-electron chi connectivity index (χ1n) is 9.31. The van der Waals surface area contributed by atoms with Crippen molar-refractivity contribution >= 4 is 11.9 Å². The molecule has 0 aliphatic carbocycles. The Morgan fingerprint density at radius 1 is 0.828 bits per heavy atom. The molecule has 0 bridgehead atoms. The summed E-state index contributed by atoms with van der Waals surface area (Å²) in [7, 11) is 0. The first-order valence-corrected chi connectivity index (χ1v) is 9.31. The SMILES string of the molecule is O=C(Nc1nnc(Cc2ccccc2)o1)C1c2ccccc2Oc2ccccc21. The van der Waals surface area contributed by atoms with Crippen LogP contribution in [0.15, 0.2) is 83.3 Å². The molecule has 0 fully saturated rings. The Hall–Kier alpha value is -3.93. The molecule has 1 aromatic heterocycles. The summed E-state index contributed by atoms with van der Waals surface area (Å²) in [5, 5.41) is 10.8. The molecular formula is C23H17N3O3. The number of hydrogen-bond acceptors (Lipinski definition) is 5. The largest absolute Gasteiger partial charge is 0.457 e. The Morgan fingerprint density at radius 3 is 2.14 bits per heavy atom. The van der Waals surface area contributed by atoms with E-state index in [4.69, 9.17) is 9.15 Å². The number of anilines is 1. The van der Waals surface area contributed by atoms with E-state index in [0.29, 0.717) is 23.8 Å². The van der Waals surface area contributed by atoms with Gasteiger partial charge in [0.2, 0.25) is 11.8 Å². The molecule has 6 nitrogen and oxygen atoms in total. The van der Waals surface area contributed by atoms with Crippen molar-refractivity contribution in [3.63, 3.8) is 0 Å². The molecule has 29 heavy (non-hydrogen) atoms. The molecule has 0 saturated carbocycles. The molecule has 1 aliphatic heterocycles. The van der Waals surface area contributed by atoms with Gasteiger partial charge in [-0.1, -0.05) is 71.8 Å². The lowest BCUT2D eigenvalue weighted by Crippen LogP contribution is -2.25. The molecule has 2 heterocycles. The summed E-state index contributed by atoms with van der Waals surface area (Å²) in [5.41, 5.74) is 2.65. The van der Waals surface area contributed by atoms with Gasteiger partial charge in [0.15, 0.2) is 0 Å². The van der Waals surface area contributed by atoms with Crippen LogP contribution < -0.4 is 10.1 Å². The second-order valence-corrected chi connectivity index (χ2v) is 6.76. The lowest BCUT2D eigenvalue weighted by atomic mass is 9.87. The summed E-state index contributed by atoms with van der Waals surface area (Å²) in [6, 6.07) is 25.0. The van der Waals surface area contributed by atoms with Gasteiger partial charge in [-0.05, 0) is 17.7 Å². The third-order valence-corrected chi connectivity index (χ3v) is 4.84. The van der Waals surface area contributed by atoms with Crippen molar-refractivity contribution in [2.75, 3.05) is 5.32 Å². The highest BCUT2D eigenvalue weighted by molar-refractivity contribution is 5.98. The molecular weight excluding hydrogens is 366 g/mol. The minimum atomic E-state index is -0.527. The zero-order valence-electron chi connectivity index (χ0n) is 15.4. The topological polar surface area (TPSA) is 77.3 Å². The quantitative estimate of drug-likeness (QED) is 0.560. The Kier molecular flexibility index (Phi) is 4.29. The van der Waals surface area contributed by atoms with Crippen LogP contribution in [0.3, 0.4) is 0 Å². The second kappa shape index (κ2) is 7.24. The summed E-state index contributed by atoms with van der Waals surface area (Å²) in [5.74, 6) is 1.01. The molecule has 4 aromatic rings. The third kappa shape index (κ3) is 3.36. The molecule has 6 heteroatoms. The van der Waals surface area contributed by atoms with Crippen LogP contribution in [0.1, 0.15) is 28.5 Å². The summed E-state index contributed by atoms with van der Waals surface area (Å²) < 4.78 is 11.6. The normalized spacial score (nSPS) is 12.6. The summed E-state index contributed by atoms with van der Waals surface area (Å²) >= 11 is 0. The van der Waals surface area contributed by atoms with Crippen molar-refractivity contribution in [3.8, 4) is 11.5 Å². The van der Waals surface area contributed by atoms with Crippen molar-refractivity contribution in [2.45, 2.75) is 12.3 Å². The highest BCUT2D eigenvalue weighted by Crippen LogP contribution is 2.44. The number of benzene rings is 3. The lowest BCUT2D eigenvalue weighted by Gasteiger charge is -2.26. The fraction of sp³-hybridized carbons (Fsp3) is 0.0870. The van der Waals surface area contributed by atoms with Crippen LogP contribution in [0, 0.1) is 0 Å². The van der Waals surface area contributed by atoms with Gasteiger partial charge >= 0.3 is 6.01 Å². The van der Waals surface area contributed by atoms with E-state index in [-0.39, 0.29) is 11.9 Å². The molecule has 0 atom stereocenters. The Balaban J connectivity index is 1.40. The molecule has 0 spiro atoms. The zero-order chi connectivity index (χ0) is 19.6. The number of ether oxygens (including phenoxy) is 1. The van der Waals surface area contributed by atoms with Crippen LogP contribution in [0.25, 0.3) is 0 Å². The van der Waals surface area contributed by atoms with Crippen LogP contribution in [0.2, 0.25) is 0 Å². The number of carbonyl (C=O) groups excluding carboxylic acids is 1. The monoisotopic (exact) mass is 383 g/mol. The fourth-order valence-electron chi connectivity index (χ4n) is 3.52. The molecule has 142 valence electrons. The second-order valence-electron chi connectivity index (χ2n) is 6.76. The van der Waals surface area contributed by atoms with Crippen molar-refractivity contribution < 1.29 is 13.9 Å². The molecule has 0 radical (unpaired) electrons. The molecule has 0 saturated heterocycles. The van der Waals surface area contributed by atoms with Gasteiger partial charge in [0, 0.05) is 11.1 Å². The maximum atomic E-state index is 13.2. The Bertz CT molecular complexity index is 1130. The first-order chi connectivity index (χ1) is 14.3. The van der Waals surface area contributed by atoms with Crippen LogP contribution in [-0.2, 0) is 11.2 Å². The lowest BCUT2D eigenvalue weighted by molar-refractivity contribution is -0.117. The van der Waals surface area contributed by atoms with Gasteiger partial charge in [0.25, 0.3) is 0 Å². The van der Waals surface area contributed by atoms with Gasteiger partial charge in [-0.2, -0.15) is 0 Å². The molecule has 0 unspecified atom stereocenters. The van der Waals surface area contributed by atoms with E-state index in [1.165, 1.54) is 0 Å². The zero-order valence-corrected chi connectivity index (χ0v) is 15.4. The van der Waals surface area contributed by atoms with E-state index in [0.717, 1.165) is 16.7 Å². The van der Waals surface area contributed by atoms with Crippen molar-refractivity contribution in [2.24, 2.45) is 0 Å². The van der Waals surface area contributed by atoms with Gasteiger partial charge in [-0.3, -0.25) is 10.1 Å². The van der Waals surface area contributed by atoms with E-state index >= 15 is 0 Å². The van der Waals surface area contributed by atoms with E-state index in [2.05, 4.69) is 15.5 Å². The number of nitrogens with one attached hydrogen (secondary N) is 1. The van der Waals surface area contributed by atoms with Gasteiger partial charge in [0.05, 0.1) is 12.3 Å². The Labute approximate surface area is 167 Å². The predicted octanol–water partition coefficient (Wildman–Crippen LogP) is 4.54. The summed E-state index contributed by atoms with van der Waals surface area (Å²) in [6.07, 6.45) is 0.507. The number of fused-ring (bicyclic) bond motifs is 2. The van der Waals surface area contributed by atoms with Crippen LogP contribution in [-0.4, -0.2) is 16.1 Å². The summed E-state index contributed by atoms with van der Waals surface area (Å²) in [4.78, 5) is 13.2. The van der Waals surface area contributed by atoms with Crippen molar-refractivity contribution in [1.29, 1.82) is 0 Å². The van der Waals surface area contributed by atoms with E-state index in [1.807, 2.05) is 78.9 Å². The number of para-hydroxylation sites is 2. The maximum Gasteiger partial charge on any atom is 0.322 e. The van der Waals surface area contributed by atoms with Crippen molar-refractivity contribution in [1.82, 2.24) is 10.2 Å². The average molecular weight is 383 g/mol. The van der Waals surface area contributed by atoms with Gasteiger partial charge < -0.3 is 9.15 Å². The van der Waals surface area contributed by atoms with Gasteiger partial charge in [0.1, 0.15) is 11.5 Å². The highest BCUT2D eigenvalue weighted by atomic mass is 16.5. The molecule has 1 N–H and O–H groups in total. The third-order valence-electron chi connectivity index (χ3n) is 4.84. The van der Waals surface area contributed by atoms with Crippen LogP contribution >= 0.6 is 0 Å². The smallest absolute Gasteiger partial charge is 0.322 e. The number of carbonyl (C=O) groups is 1. The number of amides is 1. The highest BCUT2D eigenvalue weighted by Gasteiger charge is 2.33. The van der Waals surface area contributed by atoms with E-state index in [1.54, 1.807) is 0 Å². The van der Waals surface area contributed by atoms with Gasteiger partial charge in [-0.15, -0.1) is 5.10 Å². The van der Waals surface area contributed by atoms with Crippen LogP contribution in [0.4, 0.5) is 6.01 Å². The summed E-state index contributed by atoms with van der Waals surface area (Å²) in [6.45, 7) is 0. The molecule has 3 aromatic carbocycles. The van der Waals surface area contributed by atoms with E-state index < -0.39 is 5.92 Å². The fourth-order valence-corrected chi connectivity index (χ4v) is 3.52. The van der Waals surface area contributed by atoms with E-state index in [9.17, 15) is 4.79 Å². The van der Waals surface area contributed by atoms with Crippen LogP contribution in [0.5, 0.6) is 11.5 Å². The maximum absolute atomic E-state index is 13.2. The Morgan fingerprint density at radius 2 is 1.45 bits per heavy atom.